The van der Waals surface area contributed by atoms with Crippen LogP contribution < -0.4 is 5.32 Å². The quantitative estimate of drug-likeness (QED) is 0.648. The number of likely N-dealkylation sites (N-methyl/N-ethyl adjacent to an activating group) is 1. The average molecular weight is 473 g/mol. The van der Waals surface area contributed by atoms with E-state index in [0.29, 0.717) is 23.5 Å². The number of thiophene rings is 1. The number of nitrogens with zero attached hydrogens (tertiary/aromatic N) is 1. The van der Waals surface area contributed by atoms with Gasteiger partial charge in [0.05, 0.1) is 28.9 Å². The lowest BCUT2D eigenvalue weighted by Crippen LogP contribution is -2.30. The van der Waals surface area contributed by atoms with E-state index >= 15 is 0 Å². The number of hydrogen-bond donors (Lipinski definition) is 1. The molecule has 0 saturated heterocycles. The second-order valence-electron chi connectivity index (χ2n) is 6.67. The van der Waals surface area contributed by atoms with Gasteiger partial charge >= 0.3 is 5.97 Å². The Morgan fingerprint density at radius 2 is 1.93 bits per heavy atom. The molecule has 0 spiro atoms. The summed E-state index contributed by atoms with van der Waals surface area (Å²) in [6, 6.07) is 6.10. The van der Waals surface area contributed by atoms with Crippen LogP contribution in [0.3, 0.4) is 0 Å². The third-order valence-corrected chi connectivity index (χ3v) is 7.96. The summed E-state index contributed by atoms with van der Waals surface area (Å²) in [4.78, 5) is 28.7. The number of esters is 1. The number of fused-ring (bicyclic) bond motifs is 1. The van der Waals surface area contributed by atoms with Gasteiger partial charge in [-0.25, -0.2) is 13.2 Å². The second kappa shape index (κ2) is 9.91. The molecule has 0 unspecified atom stereocenters. The van der Waals surface area contributed by atoms with Gasteiger partial charge in [-0.15, -0.1) is 23.7 Å². The van der Waals surface area contributed by atoms with E-state index in [9.17, 15) is 18.0 Å². The summed E-state index contributed by atoms with van der Waals surface area (Å²) in [5, 5.41) is 3.16. The maximum absolute atomic E-state index is 13.0. The molecule has 1 aliphatic heterocycles. The molecule has 1 aromatic heterocycles. The molecule has 0 fully saturated rings. The first kappa shape index (κ1) is 24.3. The first-order valence-electron chi connectivity index (χ1n) is 9.40. The molecule has 1 aliphatic rings. The Morgan fingerprint density at radius 3 is 2.57 bits per heavy atom. The van der Waals surface area contributed by atoms with Gasteiger partial charge in [-0.2, -0.15) is 0 Å². The third kappa shape index (κ3) is 4.69. The summed E-state index contributed by atoms with van der Waals surface area (Å²) in [6.45, 7) is 6.04. The van der Waals surface area contributed by atoms with Crippen LogP contribution >= 0.6 is 23.7 Å². The zero-order chi connectivity index (χ0) is 21.2. The number of hydrogen-bond acceptors (Lipinski definition) is 7. The molecule has 1 aromatic carbocycles. The second-order valence-corrected chi connectivity index (χ2v) is 10.0. The van der Waals surface area contributed by atoms with Crippen molar-refractivity contribution in [2.24, 2.45) is 0 Å². The molecule has 0 atom stereocenters. The highest BCUT2D eigenvalue weighted by Gasteiger charge is 2.30. The van der Waals surface area contributed by atoms with E-state index in [-0.39, 0.29) is 28.6 Å². The summed E-state index contributed by atoms with van der Waals surface area (Å²) >= 11 is 1.34. The zero-order valence-electron chi connectivity index (χ0n) is 17.1. The predicted octanol–water partition coefficient (Wildman–Crippen LogP) is 3.38. The number of carbonyl (C=O) groups is 2. The Labute approximate surface area is 186 Å². The first-order valence-corrected chi connectivity index (χ1v) is 11.9. The molecule has 1 N–H and O–H groups in total. The van der Waals surface area contributed by atoms with E-state index in [2.05, 4.69) is 17.1 Å². The number of methoxy groups -OCH3 is 1. The number of amides is 1. The molecule has 0 radical (unpaired) electrons. The van der Waals surface area contributed by atoms with Crippen molar-refractivity contribution < 1.29 is 22.7 Å². The number of nitrogens with one attached hydrogen (secondary N) is 1. The number of rotatable bonds is 6. The highest BCUT2D eigenvalue weighted by molar-refractivity contribution is 7.91. The topological polar surface area (TPSA) is 92.8 Å². The molecule has 0 aliphatic carbocycles. The Kier molecular flexibility index (Phi) is 8.04. The van der Waals surface area contributed by atoms with Crippen molar-refractivity contribution in [3.05, 3.63) is 45.8 Å². The van der Waals surface area contributed by atoms with Crippen molar-refractivity contribution in [1.29, 1.82) is 0 Å². The summed E-state index contributed by atoms with van der Waals surface area (Å²) < 4.78 is 29.7. The molecule has 164 valence electrons. The van der Waals surface area contributed by atoms with Crippen molar-refractivity contribution in [3.63, 3.8) is 0 Å². The van der Waals surface area contributed by atoms with Crippen LogP contribution in [0.15, 0.2) is 29.2 Å². The molecule has 0 bridgehead atoms. The molecule has 30 heavy (non-hydrogen) atoms. The van der Waals surface area contributed by atoms with Crippen molar-refractivity contribution in [3.8, 4) is 0 Å². The van der Waals surface area contributed by atoms with E-state index in [0.717, 1.165) is 23.5 Å². The van der Waals surface area contributed by atoms with Crippen molar-refractivity contribution in [2.75, 3.05) is 31.3 Å². The van der Waals surface area contributed by atoms with Crippen LogP contribution in [0.5, 0.6) is 0 Å². The molecule has 2 aromatic rings. The number of halogens is 1. The van der Waals surface area contributed by atoms with Gasteiger partial charge in [0.2, 0.25) is 0 Å². The number of ether oxygens (including phenoxy) is 1. The zero-order valence-corrected chi connectivity index (χ0v) is 19.5. The Hall–Kier alpha value is -1.94. The highest BCUT2D eigenvalue weighted by atomic mass is 35.5. The maximum atomic E-state index is 13.0. The van der Waals surface area contributed by atoms with Crippen LogP contribution in [-0.2, 0) is 27.5 Å². The summed E-state index contributed by atoms with van der Waals surface area (Å²) in [6.07, 6.45) is 0.695. The molecular weight excluding hydrogens is 448 g/mol. The van der Waals surface area contributed by atoms with Crippen molar-refractivity contribution in [2.45, 2.75) is 31.7 Å². The standard InChI is InChI=1S/C20H24N2O5S2.ClH/c1-4-22-11-10-13-15(12-22)28-19(17(13)20(24)27-3)21-18(23)14-8-6-7-9-16(14)29(25,26)5-2;/h6-9H,4-5,10-12H2,1-3H3,(H,21,23);1H. The first-order chi connectivity index (χ1) is 13.8. The summed E-state index contributed by atoms with van der Waals surface area (Å²) in [7, 11) is -2.26. The summed E-state index contributed by atoms with van der Waals surface area (Å²) in [5.41, 5.74) is 1.33. The van der Waals surface area contributed by atoms with Crippen LogP contribution in [0, 0.1) is 0 Å². The predicted molar refractivity (Wildman–Crippen MR) is 120 cm³/mol. The van der Waals surface area contributed by atoms with Crippen molar-refractivity contribution in [1.82, 2.24) is 4.90 Å². The molecule has 0 saturated carbocycles. The van der Waals surface area contributed by atoms with Gasteiger partial charge in [-0.1, -0.05) is 26.0 Å². The lowest BCUT2D eigenvalue weighted by molar-refractivity contribution is 0.0600. The Morgan fingerprint density at radius 1 is 1.23 bits per heavy atom. The highest BCUT2D eigenvalue weighted by Crippen LogP contribution is 2.38. The fourth-order valence-corrected chi connectivity index (χ4v) is 5.75. The fourth-order valence-electron chi connectivity index (χ4n) is 3.38. The normalized spacial score (nSPS) is 13.8. The monoisotopic (exact) mass is 472 g/mol. The number of sulfone groups is 1. The largest absolute Gasteiger partial charge is 0.465 e. The minimum atomic E-state index is -3.57. The number of anilines is 1. The van der Waals surface area contributed by atoms with Crippen LogP contribution in [0.1, 0.15) is 45.0 Å². The summed E-state index contributed by atoms with van der Waals surface area (Å²) in [5.74, 6) is -1.17. The molecule has 10 heteroatoms. The lowest BCUT2D eigenvalue weighted by Gasteiger charge is -2.25. The number of carbonyl (C=O) groups excluding carboxylic acids is 2. The van der Waals surface area contributed by atoms with Gasteiger partial charge in [0, 0.05) is 18.0 Å². The molecule has 1 amide bonds. The van der Waals surface area contributed by atoms with Gasteiger partial charge in [0.25, 0.3) is 5.91 Å². The van der Waals surface area contributed by atoms with E-state index < -0.39 is 21.7 Å². The minimum Gasteiger partial charge on any atom is -0.465 e. The smallest absolute Gasteiger partial charge is 0.341 e. The van der Waals surface area contributed by atoms with Gasteiger partial charge in [-0.3, -0.25) is 9.69 Å². The molecule has 7 nitrogen and oxygen atoms in total. The molecule has 3 rings (SSSR count). The van der Waals surface area contributed by atoms with E-state index in [4.69, 9.17) is 4.74 Å². The SMILES string of the molecule is CCN1CCc2c(sc(NC(=O)c3ccccc3S(=O)(=O)CC)c2C(=O)OC)C1.Cl. The fraction of sp³-hybridized carbons (Fsp3) is 0.400. The van der Waals surface area contributed by atoms with E-state index in [1.807, 2.05) is 0 Å². The molecular formula is C20H25ClN2O5S2. The number of benzene rings is 1. The van der Waals surface area contributed by atoms with Crippen LogP contribution in [0.4, 0.5) is 5.00 Å². The van der Waals surface area contributed by atoms with E-state index in [1.54, 1.807) is 12.1 Å². The van der Waals surface area contributed by atoms with Gasteiger partial charge in [0.15, 0.2) is 9.84 Å². The maximum Gasteiger partial charge on any atom is 0.341 e. The van der Waals surface area contributed by atoms with E-state index in [1.165, 1.54) is 37.5 Å². The third-order valence-electron chi connectivity index (χ3n) is 5.05. The minimum absolute atomic E-state index is 0. The Balaban J connectivity index is 0.00000320. The van der Waals surface area contributed by atoms with Gasteiger partial charge < -0.3 is 10.1 Å². The Bertz CT molecular complexity index is 1050. The van der Waals surface area contributed by atoms with Gasteiger partial charge in [-0.05, 0) is 30.7 Å². The van der Waals surface area contributed by atoms with Crippen molar-refractivity contribution >= 4 is 50.5 Å². The average Bonchev–Trinajstić information content (AvgIpc) is 3.09. The van der Waals surface area contributed by atoms with Gasteiger partial charge in [0.1, 0.15) is 5.00 Å². The lowest BCUT2D eigenvalue weighted by atomic mass is 10.0. The van der Waals surface area contributed by atoms with Crippen LogP contribution in [0.2, 0.25) is 0 Å². The van der Waals surface area contributed by atoms with Crippen LogP contribution in [-0.4, -0.2) is 51.1 Å². The molecule has 2 heterocycles. The van der Waals surface area contributed by atoms with Crippen LogP contribution in [0.25, 0.3) is 0 Å².